The van der Waals surface area contributed by atoms with Gasteiger partial charge in [-0.1, -0.05) is 95.2 Å². The first kappa shape index (κ1) is 22.5. The minimum Gasteiger partial charge on any atom is -0.494 e. The van der Waals surface area contributed by atoms with Crippen molar-refractivity contribution in [2.75, 3.05) is 13.7 Å². The van der Waals surface area contributed by atoms with E-state index in [-0.39, 0.29) is 6.10 Å². The number of rotatable bonds is 14. The average molecular weight is 383 g/mol. The lowest BCUT2D eigenvalue weighted by Gasteiger charge is -2.14. The monoisotopic (exact) mass is 382 g/mol. The van der Waals surface area contributed by atoms with Crippen molar-refractivity contribution < 1.29 is 9.47 Å². The SMILES string of the molecule is CCCCCCCCCCOc1ccc(-c2ccc(C(CC)OC)cc2)cc1. The minimum atomic E-state index is 0.182. The summed E-state index contributed by atoms with van der Waals surface area (Å²) in [6.45, 7) is 5.23. The smallest absolute Gasteiger partial charge is 0.119 e. The number of methoxy groups -OCH3 is 1. The Morgan fingerprint density at radius 3 is 1.75 bits per heavy atom. The second-order valence-corrected chi connectivity index (χ2v) is 7.60. The first-order valence-corrected chi connectivity index (χ1v) is 11.1. The second-order valence-electron chi connectivity index (χ2n) is 7.60. The van der Waals surface area contributed by atoms with Crippen LogP contribution in [0.2, 0.25) is 0 Å². The van der Waals surface area contributed by atoms with Crippen LogP contribution in [0.15, 0.2) is 48.5 Å². The maximum absolute atomic E-state index is 5.91. The molecule has 2 rings (SSSR count). The molecule has 154 valence electrons. The summed E-state index contributed by atoms with van der Waals surface area (Å²) in [5.74, 6) is 0.966. The zero-order valence-electron chi connectivity index (χ0n) is 18.1. The molecule has 1 unspecified atom stereocenters. The molecule has 1 atom stereocenters. The fraction of sp³-hybridized carbons (Fsp3) is 0.538. The molecule has 2 aromatic carbocycles. The third-order valence-corrected chi connectivity index (χ3v) is 5.39. The van der Waals surface area contributed by atoms with Gasteiger partial charge in [0.05, 0.1) is 12.7 Å². The zero-order valence-corrected chi connectivity index (χ0v) is 18.1. The standard InChI is InChI=1S/C26H38O2/c1-4-6-7-8-9-10-11-12-21-28-25-19-17-23(18-20-25)22-13-15-24(16-14-22)26(5-2)27-3/h13-20,26H,4-12,21H2,1-3H3. The molecule has 0 bridgehead atoms. The fourth-order valence-electron chi connectivity index (χ4n) is 3.60. The topological polar surface area (TPSA) is 18.5 Å². The number of hydrogen-bond donors (Lipinski definition) is 0. The molecule has 0 saturated carbocycles. The quantitative estimate of drug-likeness (QED) is 0.308. The third-order valence-electron chi connectivity index (χ3n) is 5.39. The van der Waals surface area contributed by atoms with E-state index in [4.69, 9.17) is 9.47 Å². The maximum atomic E-state index is 5.91. The van der Waals surface area contributed by atoms with Gasteiger partial charge in [-0.05, 0) is 41.7 Å². The van der Waals surface area contributed by atoms with Crippen molar-refractivity contribution in [2.24, 2.45) is 0 Å². The van der Waals surface area contributed by atoms with Gasteiger partial charge in [-0.15, -0.1) is 0 Å². The first-order valence-electron chi connectivity index (χ1n) is 11.1. The average Bonchev–Trinajstić information content (AvgIpc) is 2.74. The van der Waals surface area contributed by atoms with Crippen molar-refractivity contribution in [1.82, 2.24) is 0 Å². The normalized spacial score (nSPS) is 12.1. The van der Waals surface area contributed by atoms with Crippen molar-refractivity contribution >= 4 is 0 Å². The Balaban J connectivity index is 1.71. The number of unbranched alkanes of at least 4 members (excludes halogenated alkanes) is 7. The molecule has 0 amide bonds. The highest BCUT2D eigenvalue weighted by molar-refractivity contribution is 5.64. The summed E-state index contributed by atoms with van der Waals surface area (Å²) in [5.41, 5.74) is 3.68. The highest BCUT2D eigenvalue weighted by Gasteiger charge is 2.07. The highest BCUT2D eigenvalue weighted by Crippen LogP contribution is 2.26. The van der Waals surface area contributed by atoms with Crippen LogP contribution < -0.4 is 4.74 Å². The van der Waals surface area contributed by atoms with E-state index in [0.29, 0.717) is 0 Å². The van der Waals surface area contributed by atoms with Crippen LogP contribution in [-0.2, 0) is 4.74 Å². The van der Waals surface area contributed by atoms with Gasteiger partial charge in [0, 0.05) is 7.11 Å². The Kier molecular flexibility index (Phi) is 10.8. The predicted octanol–water partition coefficient (Wildman–Crippen LogP) is 7.97. The summed E-state index contributed by atoms with van der Waals surface area (Å²) < 4.78 is 11.4. The molecule has 0 radical (unpaired) electrons. The van der Waals surface area contributed by atoms with Gasteiger partial charge in [0.15, 0.2) is 0 Å². The van der Waals surface area contributed by atoms with Crippen LogP contribution in [0.3, 0.4) is 0 Å². The van der Waals surface area contributed by atoms with Crippen LogP contribution in [0.5, 0.6) is 5.75 Å². The molecule has 2 aromatic rings. The molecule has 2 heteroatoms. The molecule has 0 aliphatic carbocycles. The highest BCUT2D eigenvalue weighted by atomic mass is 16.5. The molecule has 0 spiro atoms. The minimum absolute atomic E-state index is 0.182. The van der Waals surface area contributed by atoms with Gasteiger partial charge >= 0.3 is 0 Å². The van der Waals surface area contributed by atoms with Gasteiger partial charge in [-0.2, -0.15) is 0 Å². The van der Waals surface area contributed by atoms with Crippen LogP contribution in [0.25, 0.3) is 11.1 Å². The summed E-state index contributed by atoms with van der Waals surface area (Å²) in [6.07, 6.45) is 11.8. The van der Waals surface area contributed by atoms with E-state index in [1.54, 1.807) is 7.11 Å². The lowest BCUT2D eigenvalue weighted by atomic mass is 10.0. The molecule has 2 nitrogen and oxygen atoms in total. The molecule has 0 heterocycles. The largest absolute Gasteiger partial charge is 0.494 e. The molecule has 0 saturated heterocycles. The van der Waals surface area contributed by atoms with Gasteiger partial charge in [0.25, 0.3) is 0 Å². The molecule has 0 aromatic heterocycles. The number of ether oxygens (including phenoxy) is 2. The van der Waals surface area contributed by atoms with Gasteiger partial charge in [-0.3, -0.25) is 0 Å². The number of hydrogen-bond acceptors (Lipinski definition) is 2. The molecular weight excluding hydrogens is 344 g/mol. The zero-order chi connectivity index (χ0) is 20.0. The van der Waals surface area contributed by atoms with E-state index in [1.165, 1.54) is 61.6 Å². The maximum Gasteiger partial charge on any atom is 0.119 e. The van der Waals surface area contributed by atoms with Crippen LogP contribution in [0.1, 0.15) is 83.3 Å². The van der Waals surface area contributed by atoms with E-state index in [9.17, 15) is 0 Å². The lowest BCUT2D eigenvalue weighted by Crippen LogP contribution is -1.99. The van der Waals surface area contributed by atoms with E-state index >= 15 is 0 Å². The Hall–Kier alpha value is -1.80. The third kappa shape index (κ3) is 7.67. The van der Waals surface area contributed by atoms with E-state index in [1.807, 2.05) is 0 Å². The van der Waals surface area contributed by atoms with Crippen LogP contribution in [0, 0.1) is 0 Å². The summed E-state index contributed by atoms with van der Waals surface area (Å²) in [7, 11) is 1.77. The van der Waals surface area contributed by atoms with Gasteiger partial charge in [0.2, 0.25) is 0 Å². The van der Waals surface area contributed by atoms with E-state index in [2.05, 4.69) is 62.4 Å². The molecular formula is C26H38O2. The summed E-state index contributed by atoms with van der Waals surface area (Å²) in [6, 6.07) is 17.1. The van der Waals surface area contributed by atoms with Crippen molar-refractivity contribution in [1.29, 1.82) is 0 Å². The van der Waals surface area contributed by atoms with Crippen LogP contribution >= 0.6 is 0 Å². The van der Waals surface area contributed by atoms with Crippen molar-refractivity contribution in [3.05, 3.63) is 54.1 Å². The summed E-state index contributed by atoms with van der Waals surface area (Å²) in [5, 5.41) is 0. The second kappa shape index (κ2) is 13.4. The van der Waals surface area contributed by atoms with Crippen molar-refractivity contribution in [3.8, 4) is 16.9 Å². The molecule has 0 aliphatic heterocycles. The van der Waals surface area contributed by atoms with Gasteiger partial charge < -0.3 is 9.47 Å². The van der Waals surface area contributed by atoms with Gasteiger partial charge in [0.1, 0.15) is 5.75 Å². The Labute approximate surface area is 172 Å². The lowest BCUT2D eigenvalue weighted by molar-refractivity contribution is 0.100. The summed E-state index contributed by atoms with van der Waals surface area (Å²) in [4.78, 5) is 0. The Bertz CT molecular complexity index is 626. The predicted molar refractivity (Wildman–Crippen MR) is 120 cm³/mol. The molecule has 28 heavy (non-hydrogen) atoms. The Morgan fingerprint density at radius 2 is 1.21 bits per heavy atom. The van der Waals surface area contributed by atoms with Crippen molar-refractivity contribution in [2.45, 2.75) is 77.7 Å². The fourth-order valence-corrected chi connectivity index (χ4v) is 3.60. The van der Waals surface area contributed by atoms with E-state index < -0.39 is 0 Å². The van der Waals surface area contributed by atoms with Crippen LogP contribution in [0.4, 0.5) is 0 Å². The van der Waals surface area contributed by atoms with Gasteiger partial charge in [-0.25, -0.2) is 0 Å². The molecule has 0 aliphatic rings. The summed E-state index contributed by atoms with van der Waals surface area (Å²) >= 11 is 0. The van der Waals surface area contributed by atoms with Crippen molar-refractivity contribution in [3.63, 3.8) is 0 Å². The van der Waals surface area contributed by atoms with Crippen LogP contribution in [-0.4, -0.2) is 13.7 Å². The molecule has 0 fully saturated rings. The first-order chi connectivity index (χ1) is 13.8. The number of benzene rings is 2. The Morgan fingerprint density at radius 1 is 0.679 bits per heavy atom. The van der Waals surface area contributed by atoms with E-state index in [0.717, 1.165) is 25.2 Å². The molecule has 0 N–H and O–H groups in total.